The first-order valence-electron chi connectivity index (χ1n) is 8.87. The quantitative estimate of drug-likeness (QED) is 0.737. The van der Waals surface area contributed by atoms with Crippen LogP contribution < -0.4 is 9.80 Å². The summed E-state index contributed by atoms with van der Waals surface area (Å²) in [6.45, 7) is 8.75. The van der Waals surface area contributed by atoms with Crippen molar-refractivity contribution in [1.82, 2.24) is 19.8 Å². The van der Waals surface area contributed by atoms with Crippen LogP contribution in [0.3, 0.4) is 0 Å². The standard InChI is InChI=1S/C17H28N6O2/c1-14-11-22(7-6-21(14)8-9-25-3)15-10-16(19-13-18-15)23-5-4-20(2)17(24)12-23/h10,13-14H,4-9,11-12H2,1-3H3. The summed E-state index contributed by atoms with van der Waals surface area (Å²) in [5.74, 6) is 1.90. The third-order valence-corrected chi connectivity index (χ3v) is 5.09. The first kappa shape index (κ1) is 17.9. The van der Waals surface area contributed by atoms with Crippen LogP contribution in [0.1, 0.15) is 6.92 Å². The van der Waals surface area contributed by atoms with Crippen LogP contribution in [0.25, 0.3) is 0 Å². The van der Waals surface area contributed by atoms with Crippen LogP contribution in [0.15, 0.2) is 12.4 Å². The fourth-order valence-electron chi connectivity index (χ4n) is 3.38. The number of methoxy groups -OCH3 is 1. The average molecular weight is 348 g/mol. The van der Waals surface area contributed by atoms with Gasteiger partial charge in [-0.2, -0.15) is 0 Å². The number of carbonyl (C=O) groups excluding carboxylic acids is 1. The van der Waals surface area contributed by atoms with Gasteiger partial charge in [-0.15, -0.1) is 0 Å². The monoisotopic (exact) mass is 348 g/mol. The Morgan fingerprint density at radius 2 is 1.88 bits per heavy atom. The summed E-state index contributed by atoms with van der Waals surface area (Å²) in [6, 6.07) is 2.46. The number of nitrogens with zero attached hydrogens (tertiary/aromatic N) is 6. The number of hydrogen-bond donors (Lipinski definition) is 0. The van der Waals surface area contributed by atoms with Gasteiger partial charge in [-0.05, 0) is 6.92 Å². The van der Waals surface area contributed by atoms with E-state index >= 15 is 0 Å². The fourth-order valence-corrected chi connectivity index (χ4v) is 3.38. The molecule has 0 spiro atoms. The fraction of sp³-hybridized carbons (Fsp3) is 0.706. The van der Waals surface area contributed by atoms with Gasteiger partial charge in [0.25, 0.3) is 0 Å². The highest BCUT2D eigenvalue weighted by Gasteiger charge is 2.26. The van der Waals surface area contributed by atoms with Gasteiger partial charge in [0.05, 0.1) is 13.2 Å². The molecule has 2 saturated heterocycles. The predicted octanol–water partition coefficient (Wildman–Crippen LogP) is -0.0881. The molecule has 1 aromatic rings. The molecule has 1 atom stereocenters. The molecule has 1 aromatic heterocycles. The second-order valence-electron chi connectivity index (χ2n) is 6.80. The SMILES string of the molecule is COCCN1CCN(c2cc(N3CCN(C)C(=O)C3)ncn2)CC1C. The number of carbonyl (C=O) groups is 1. The van der Waals surface area contributed by atoms with E-state index in [1.165, 1.54) is 0 Å². The second kappa shape index (κ2) is 7.97. The molecule has 3 rings (SSSR count). The van der Waals surface area contributed by atoms with Gasteiger partial charge in [-0.3, -0.25) is 9.69 Å². The van der Waals surface area contributed by atoms with Crippen LogP contribution in [-0.2, 0) is 9.53 Å². The van der Waals surface area contributed by atoms with Crippen LogP contribution >= 0.6 is 0 Å². The van der Waals surface area contributed by atoms with Crippen LogP contribution in [0.4, 0.5) is 11.6 Å². The molecule has 8 heteroatoms. The first-order chi connectivity index (χ1) is 12.1. The van der Waals surface area contributed by atoms with E-state index in [4.69, 9.17) is 4.74 Å². The van der Waals surface area contributed by atoms with Crippen molar-refractivity contribution in [1.29, 1.82) is 0 Å². The molecule has 0 aromatic carbocycles. The molecule has 25 heavy (non-hydrogen) atoms. The summed E-state index contributed by atoms with van der Waals surface area (Å²) >= 11 is 0. The Morgan fingerprint density at radius 1 is 1.16 bits per heavy atom. The highest BCUT2D eigenvalue weighted by Crippen LogP contribution is 2.21. The maximum Gasteiger partial charge on any atom is 0.241 e. The molecule has 8 nitrogen and oxygen atoms in total. The van der Waals surface area contributed by atoms with Crippen molar-refractivity contribution >= 4 is 17.5 Å². The van der Waals surface area contributed by atoms with Crippen molar-refractivity contribution in [3.63, 3.8) is 0 Å². The molecule has 2 fully saturated rings. The van der Waals surface area contributed by atoms with Crippen molar-refractivity contribution in [2.45, 2.75) is 13.0 Å². The summed E-state index contributed by atoms with van der Waals surface area (Å²) < 4.78 is 5.19. The highest BCUT2D eigenvalue weighted by atomic mass is 16.5. The molecule has 1 amide bonds. The van der Waals surface area contributed by atoms with Crippen LogP contribution in [-0.4, -0.2) is 98.3 Å². The van der Waals surface area contributed by atoms with Crippen LogP contribution in [0.2, 0.25) is 0 Å². The minimum absolute atomic E-state index is 0.131. The van der Waals surface area contributed by atoms with Gasteiger partial charge >= 0.3 is 0 Å². The minimum Gasteiger partial charge on any atom is -0.383 e. The summed E-state index contributed by atoms with van der Waals surface area (Å²) in [4.78, 5) is 29.3. The Kier molecular flexibility index (Phi) is 5.70. The number of aromatic nitrogens is 2. The lowest BCUT2D eigenvalue weighted by Gasteiger charge is -2.40. The summed E-state index contributed by atoms with van der Waals surface area (Å²) in [5, 5.41) is 0. The lowest BCUT2D eigenvalue weighted by atomic mass is 10.2. The van der Waals surface area contributed by atoms with Crippen LogP contribution in [0.5, 0.6) is 0 Å². The Hall–Kier alpha value is -1.93. The molecule has 0 N–H and O–H groups in total. The molecular weight excluding hydrogens is 320 g/mol. The molecule has 1 unspecified atom stereocenters. The van der Waals surface area contributed by atoms with Crippen molar-refractivity contribution in [3.8, 4) is 0 Å². The van der Waals surface area contributed by atoms with Gasteiger partial charge in [0.1, 0.15) is 18.0 Å². The van der Waals surface area contributed by atoms with E-state index in [1.54, 1.807) is 18.3 Å². The van der Waals surface area contributed by atoms with Crippen molar-refractivity contribution in [2.75, 3.05) is 76.4 Å². The maximum atomic E-state index is 11.9. The maximum absolute atomic E-state index is 11.9. The summed E-state index contributed by atoms with van der Waals surface area (Å²) in [5.41, 5.74) is 0. The van der Waals surface area contributed by atoms with E-state index in [0.29, 0.717) is 12.6 Å². The van der Waals surface area contributed by atoms with Gasteiger partial charge in [0.2, 0.25) is 5.91 Å². The summed E-state index contributed by atoms with van der Waals surface area (Å²) in [6.07, 6.45) is 1.61. The second-order valence-corrected chi connectivity index (χ2v) is 6.80. The number of rotatable bonds is 5. The molecule has 2 aliphatic rings. The van der Waals surface area contributed by atoms with Gasteiger partial charge in [0, 0.05) is 65.5 Å². The molecule has 3 heterocycles. The minimum atomic E-state index is 0.131. The zero-order valence-corrected chi connectivity index (χ0v) is 15.4. The molecule has 2 aliphatic heterocycles. The predicted molar refractivity (Wildman–Crippen MR) is 97.0 cm³/mol. The van der Waals surface area contributed by atoms with Gasteiger partial charge in [-0.25, -0.2) is 9.97 Å². The zero-order chi connectivity index (χ0) is 17.8. The number of ether oxygens (including phenoxy) is 1. The number of likely N-dealkylation sites (N-methyl/N-ethyl adjacent to an activating group) is 1. The third kappa shape index (κ3) is 4.19. The number of amides is 1. The van der Waals surface area contributed by atoms with Crippen molar-refractivity contribution in [3.05, 3.63) is 12.4 Å². The van der Waals surface area contributed by atoms with Gasteiger partial charge < -0.3 is 19.4 Å². The molecular formula is C17H28N6O2. The lowest BCUT2D eigenvalue weighted by molar-refractivity contribution is -0.129. The van der Waals surface area contributed by atoms with Crippen molar-refractivity contribution in [2.24, 2.45) is 0 Å². The lowest BCUT2D eigenvalue weighted by Crippen LogP contribution is -2.53. The Balaban J connectivity index is 1.65. The zero-order valence-electron chi connectivity index (χ0n) is 15.4. The molecule has 0 radical (unpaired) electrons. The van der Waals surface area contributed by atoms with Crippen molar-refractivity contribution < 1.29 is 9.53 Å². The largest absolute Gasteiger partial charge is 0.383 e. The highest BCUT2D eigenvalue weighted by molar-refractivity contribution is 5.82. The van der Waals surface area contributed by atoms with E-state index in [9.17, 15) is 4.79 Å². The molecule has 138 valence electrons. The van der Waals surface area contributed by atoms with Gasteiger partial charge in [-0.1, -0.05) is 0 Å². The van der Waals surface area contributed by atoms with E-state index in [1.807, 2.05) is 18.0 Å². The van der Waals surface area contributed by atoms with Crippen LogP contribution in [0, 0.1) is 0 Å². The topological polar surface area (TPSA) is 65.0 Å². The third-order valence-electron chi connectivity index (χ3n) is 5.09. The molecule has 0 bridgehead atoms. The van der Waals surface area contributed by atoms with E-state index in [-0.39, 0.29) is 5.91 Å². The van der Waals surface area contributed by atoms with E-state index in [2.05, 4.69) is 26.7 Å². The Morgan fingerprint density at radius 3 is 2.56 bits per heavy atom. The smallest absolute Gasteiger partial charge is 0.241 e. The van der Waals surface area contributed by atoms with E-state index in [0.717, 1.165) is 57.5 Å². The number of hydrogen-bond acceptors (Lipinski definition) is 7. The molecule has 0 aliphatic carbocycles. The Labute approximate surface area is 149 Å². The van der Waals surface area contributed by atoms with E-state index < -0.39 is 0 Å². The molecule has 0 saturated carbocycles. The number of anilines is 2. The number of piperazine rings is 2. The Bertz CT molecular complexity index is 598. The summed E-state index contributed by atoms with van der Waals surface area (Å²) in [7, 11) is 3.59. The van der Waals surface area contributed by atoms with Gasteiger partial charge in [0.15, 0.2) is 0 Å². The average Bonchev–Trinajstić information content (AvgIpc) is 2.63. The normalized spacial score (nSPS) is 22.6. The first-order valence-corrected chi connectivity index (χ1v) is 8.87.